The highest BCUT2D eigenvalue weighted by atomic mass is 32.2. The maximum absolute atomic E-state index is 11.4. The topological polar surface area (TPSA) is 98.1 Å². The molecule has 1 fully saturated rings. The van der Waals surface area contributed by atoms with Crippen LogP contribution in [0, 0.1) is 5.92 Å². The summed E-state index contributed by atoms with van der Waals surface area (Å²) in [4.78, 5) is 22.1. The van der Waals surface area contributed by atoms with E-state index in [1.807, 2.05) is 6.26 Å². The Labute approximate surface area is 117 Å². The van der Waals surface area contributed by atoms with Gasteiger partial charge in [0.05, 0.1) is 5.92 Å². The molecule has 104 valence electrons. The number of amides is 1. The number of rotatable bonds is 3. The molecular weight excluding hydrogens is 262 g/mol. The third-order valence-corrected chi connectivity index (χ3v) is 4.02. The lowest BCUT2D eigenvalue weighted by Gasteiger charge is -2.37. The zero-order valence-electron chi connectivity index (χ0n) is 11.2. The molecule has 0 bridgehead atoms. The number of hydrogen-bond acceptors (Lipinski definition) is 6. The second-order valence-electron chi connectivity index (χ2n) is 4.82. The van der Waals surface area contributed by atoms with Crippen molar-refractivity contribution in [2.45, 2.75) is 31.0 Å². The Morgan fingerprint density at radius 1 is 1.47 bits per heavy atom. The Bertz CT molecular complexity index is 481. The molecule has 2 rings (SSSR count). The second kappa shape index (κ2) is 5.64. The normalized spacial score (nSPS) is 23.4. The zero-order valence-corrected chi connectivity index (χ0v) is 12.0. The van der Waals surface area contributed by atoms with Crippen molar-refractivity contribution in [3.63, 3.8) is 0 Å². The van der Waals surface area contributed by atoms with E-state index in [0.29, 0.717) is 23.6 Å². The number of piperidine rings is 1. The fraction of sp³-hybridized carbons (Fsp3) is 0.583. The molecule has 2 heterocycles. The number of nitrogens with two attached hydrogens (primary N) is 2. The number of carbonyl (C=O) groups excluding carboxylic acids is 1. The van der Waals surface area contributed by atoms with Crippen LogP contribution in [0.5, 0.6) is 0 Å². The van der Waals surface area contributed by atoms with Crippen molar-refractivity contribution < 1.29 is 4.79 Å². The average molecular weight is 281 g/mol. The van der Waals surface area contributed by atoms with E-state index < -0.39 is 0 Å². The summed E-state index contributed by atoms with van der Waals surface area (Å²) in [6, 6.07) is 2.07. The van der Waals surface area contributed by atoms with Crippen molar-refractivity contribution in [3.05, 3.63) is 6.07 Å². The number of carbonyl (C=O) groups is 1. The first-order valence-electron chi connectivity index (χ1n) is 6.25. The lowest BCUT2D eigenvalue weighted by molar-refractivity contribution is -0.122. The van der Waals surface area contributed by atoms with Gasteiger partial charge in [0.1, 0.15) is 11.6 Å². The molecule has 0 saturated carbocycles. The summed E-state index contributed by atoms with van der Waals surface area (Å²) in [6.45, 7) is 2.72. The molecule has 1 amide bonds. The first-order chi connectivity index (χ1) is 9.01. The van der Waals surface area contributed by atoms with E-state index in [-0.39, 0.29) is 11.8 Å². The summed E-state index contributed by atoms with van der Waals surface area (Å²) >= 11 is 1.45. The molecule has 1 aliphatic heterocycles. The number of anilines is 2. The number of aromatic nitrogens is 2. The minimum absolute atomic E-state index is 0.120. The van der Waals surface area contributed by atoms with Crippen LogP contribution < -0.4 is 16.4 Å². The number of nitrogens with zero attached hydrogens (tertiary/aromatic N) is 3. The maximum atomic E-state index is 11.4. The van der Waals surface area contributed by atoms with E-state index in [4.69, 9.17) is 11.5 Å². The van der Waals surface area contributed by atoms with Gasteiger partial charge in [0.25, 0.3) is 0 Å². The van der Waals surface area contributed by atoms with E-state index in [9.17, 15) is 4.79 Å². The van der Waals surface area contributed by atoms with E-state index in [1.54, 1.807) is 6.07 Å². The van der Waals surface area contributed by atoms with Crippen LogP contribution >= 0.6 is 11.8 Å². The SMILES string of the molecule is CSc1nc(N)cc(N2CC(C(N)=O)CCC2C)n1. The van der Waals surface area contributed by atoms with Crippen molar-refractivity contribution in [1.29, 1.82) is 0 Å². The first-order valence-corrected chi connectivity index (χ1v) is 7.48. The standard InChI is InChI=1S/C12H19N5OS/c1-7-3-4-8(11(14)18)6-17(7)10-5-9(13)15-12(16-10)19-2/h5,7-8H,3-4,6H2,1-2H3,(H2,14,18)(H2,13,15,16). The van der Waals surface area contributed by atoms with Gasteiger partial charge in [-0.25, -0.2) is 9.97 Å². The monoisotopic (exact) mass is 281 g/mol. The second-order valence-corrected chi connectivity index (χ2v) is 5.59. The van der Waals surface area contributed by atoms with Crippen LogP contribution in [0.4, 0.5) is 11.6 Å². The molecular formula is C12H19N5OS. The summed E-state index contributed by atoms with van der Waals surface area (Å²) in [5.41, 5.74) is 11.2. The first kappa shape index (κ1) is 13.9. The van der Waals surface area contributed by atoms with E-state index in [2.05, 4.69) is 21.8 Å². The Hall–Kier alpha value is -1.50. The molecule has 1 saturated heterocycles. The quantitative estimate of drug-likeness (QED) is 0.630. The molecule has 2 unspecified atom stereocenters. The number of nitrogen functional groups attached to an aromatic ring is 1. The molecule has 19 heavy (non-hydrogen) atoms. The van der Waals surface area contributed by atoms with Crippen molar-refractivity contribution in [3.8, 4) is 0 Å². The van der Waals surface area contributed by atoms with Gasteiger partial charge in [0.15, 0.2) is 5.16 Å². The highest BCUT2D eigenvalue weighted by Crippen LogP contribution is 2.28. The smallest absolute Gasteiger partial charge is 0.222 e. The summed E-state index contributed by atoms with van der Waals surface area (Å²) < 4.78 is 0. The van der Waals surface area contributed by atoms with E-state index in [0.717, 1.165) is 18.7 Å². The van der Waals surface area contributed by atoms with Gasteiger partial charge in [-0.1, -0.05) is 11.8 Å². The van der Waals surface area contributed by atoms with E-state index >= 15 is 0 Å². The fourth-order valence-corrected chi connectivity index (χ4v) is 2.71. The number of thioether (sulfide) groups is 1. The van der Waals surface area contributed by atoms with E-state index in [1.165, 1.54) is 11.8 Å². The van der Waals surface area contributed by atoms with Crippen molar-refractivity contribution in [1.82, 2.24) is 9.97 Å². The van der Waals surface area contributed by atoms with Gasteiger partial charge in [-0.05, 0) is 26.0 Å². The van der Waals surface area contributed by atoms with Gasteiger partial charge in [-0.3, -0.25) is 4.79 Å². The molecule has 6 nitrogen and oxygen atoms in total. The van der Waals surface area contributed by atoms with Crippen LogP contribution in [0.15, 0.2) is 11.2 Å². The molecule has 0 spiro atoms. The van der Waals surface area contributed by atoms with Crippen LogP contribution in [0.25, 0.3) is 0 Å². The van der Waals surface area contributed by atoms with Crippen LogP contribution in [0.1, 0.15) is 19.8 Å². The lowest BCUT2D eigenvalue weighted by atomic mass is 9.93. The third kappa shape index (κ3) is 3.09. The van der Waals surface area contributed by atoms with Gasteiger partial charge < -0.3 is 16.4 Å². The van der Waals surface area contributed by atoms with Crippen molar-refractivity contribution >= 4 is 29.3 Å². The molecule has 0 radical (unpaired) electrons. The van der Waals surface area contributed by atoms with Crippen LogP contribution in [-0.4, -0.2) is 34.7 Å². The van der Waals surface area contributed by atoms with Crippen molar-refractivity contribution in [2.24, 2.45) is 11.7 Å². The molecule has 2 atom stereocenters. The summed E-state index contributed by atoms with van der Waals surface area (Å²) in [5, 5.41) is 0.642. The van der Waals surface area contributed by atoms with Gasteiger partial charge in [0.2, 0.25) is 5.91 Å². The largest absolute Gasteiger partial charge is 0.383 e. The van der Waals surface area contributed by atoms with Crippen LogP contribution in [0.2, 0.25) is 0 Å². The Kier molecular flexibility index (Phi) is 4.14. The molecule has 7 heteroatoms. The minimum Gasteiger partial charge on any atom is -0.383 e. The zero-order chi connectivity index (χ0) is 14.0. The predicted octanol–water partition coefficient (Wildman–Crippen LogP) is 0.871. The highest BCUT2D eigenvalue weighted by molar-refractivity contribution is 7.98. The molecule has 0 aromatic carbocycles. The maximum Gasteiger partial charge on any atom is 0.222 e. The van der Waals surface area contributed by atoms with Gasteiger partial charge >= 0.3 is 0 Å². The van der Waals surface area contributed by atoms with Crippen LogP contribution in [-0.2, 0) is 4.79 Å². The average Bonchev–Trinajstić information content (AvgIpc) is 2.38. The Balaban J connectivity index is 2.27. The van der Waals surface area contributed by atoms with Gasteiger partial charge in [-0.15, -0.1) is 0 Å². The van der Waals surface area contributed by atoms with Crippen LogP contribution in [0.3, 0.4) is 0 Å². The molecule has 1 aliphatic rings. The summed E-state index contributed by atoms with van der Waals surface area (Å²) in [7, 11) is 0. The predicted molar refractivity (Wildman–Crippen MR) is 77.0 cm³/mol. The number of primary amides is 1. The molecule has 4 N–H and O–H groups in total. The summed E-state index contributed by atoms with van der Waals surface area (Å²) in [6.07, 6.45) is 3.67. The third-order valence-electron chi connectivity index (χ3n) is 3.47. The minimum atomic E-state index is -0.246. The Morgan fingerprint density at radius 2 is 2.21 bits per heavy atom. The van der Waals surface area contributed by atoms with Gasteiger partial charge in [-0.2, -0.15) is 0 Å². The molecule has 1 aromatic heterocycles. The molecule has 0 aliphatic carbocycles. The highest BCUT2D eigenvalue weighted by Gasteiger charge is 2.29. The summed E-state index contributed by atoms with van der Waals surface area (Å²) in [5.74, 6) is 0.854. The molecule has 1 aromatic rings. The lowest BCUT2D eigenvalue weighted by Crippen LogP contribution is -2.46. The fourth-order valence-electron chi connectivity index (χ4n) is 2.33. The van der Waals surface area contributed by atoms with Gasteiger partial charge in [0, 0.05) is 18.7 Å². The number of hydrogen-bond donors (Lipinski definition) is 2. The van der Waals surface area contributed by atoms with Crippen molar-refractivity contribution in [2.75, 3.05) is 23.4 Å². The Morgan fingerprint density at radius 3 is 2.84 bits per heavy atom.